The summed E-state index contributed by atoms with van der Waals surface area (Å²) in [6, 6.07) is 25.9. The van der Waals surface area contributed by atoms with Crippen LogP contribution < -0.4 is 25.4 Å². The number of nitrogens with one attached hydrogen (secondary N) is 2. The number of aromatic amines is 1. The summed E-state index contributed by atoms with van der Waals surface area (Å²) in [7, 11) is 0. The number of pyridine rings is 2. The van der Waals surface area contributed by atoms with Crippen LogP contribution in [0.15, 0.2) is 91.5 Å². The van der Waals surface area contributed by atoms with Gasteiger partial charge in [-0.15, -0.1) is 0 Å². The molecule has 2 atom stereocenters. The van der Waals surface area contributed by atoms with E-state index in [1.54, 1.807) is 6.07 Å². The van der Waals surface area contributed by atoms with Gasteiger partial charge in [0.05, 0.1) is 18.5 Å². The van der Waals surface area contributed by atoms with Crippen LogP contribution in [0.2, 0.25) is 10.0 Å². The molecule has 0 spiro atoms. The van der Waals surface area contributed by atoms with Crippen molar-refractivity contribution >= 4 is 34.8 Å². The lowest BCUT2D eigenvalue weighted by Crippen LogP contribution is -2.50. The number of nitriles is 1. The second-order valence-electron chi connectivity index (χ2n) is 15.5. The number of piperidine rings is 2. The number of rotatable bonds is 7. The molecule has 0 unspecified atom stereocenters. The van der Waals surface area contributed by atoms with Gasteiger partial charge >= 0.3 is 0 Å². The normalized spacial score (nSPS) is 20.1. The fourth-order valence-electron chi connectivity index (χ4n) is 8.60. The van der Waals surface area contributed by atoms with Gasteiger partial charge in [-0.3, -0.25) is 24.9 Å². The van der Waals surface area contributed by atoms with Gasteiger partial charge in [-0.05, 0) is 99.1 Å². The van der Waals surface area contributed by atoms with Crippen molar-refractivity contribution in [3.63, 3.8) is 0 Å². The van der Waals surface area contributed by atoms with E-state index < -0.39 is 0 Å². The van der Waals surface area contributed by atoms with Crippen molar-refractivity contribution in [3.8, 4) is 17.6 Å². The fourth-order valence-corrected chi connectivity index (χ4v) is 8.85. The number of anilines is 2. The van der Waals surface area contributed by atoms with Crippen LogP contribution in [0.4, 0.5) is 11.6 Å². The van der Waals surface area contributed by atoms with E-state index in [0.29, 0.717) is 37.2 Å². The van der Waals surface area contributed by atoms with Crippen LogP contribution in [0, 0.1) is 11.3 Å². The summed E-state index contributed by atoms with van der Waals surface area (Å²) in [5, 5.41) is 19.5. The zero-order chi connectivity index (χ0) is 41.0. The number of H-pyrrole nitrogens is 1. The first-order valence-corrected chi connectivity index (χ1v) is 21.3. The maximum absolute atomic E-state index is 7.32. The fraction of sp³-hybridized carbons (Fsp3) is 0.422. The highest BCUT2D eigenvalue weighted by Gasteiger charge is 2.34. The molecule has 5 aromatic rings. The van der Waals surface area contributed by atoms with Crippen molar-refractivity contribution in [2.45, 2.75) is 82.7 Å². The Morgan fingerprint density at radius 1 is 0.746 bits per heavy atom. The molecule has 9 rings (SSSR count). The van der Waals surface area contributed by atoms with E-state index in [2.05, 4.69) is 76.6 Å². The van der Waals surface area contributed by atoms with Gasteiger partial charge in [-0.1, -0.05) is 47.5 Å². The molecular weight excluding hydrogens is 783 g/mol. The number of nitrogens with zero attached hydrogens (tertiary/aromatic N) is 7. The maximum Gasteiger partial charge on any atom is 0.152 e. The van der Waals surface area contributed by atoms with Gasteiger partial charge in [0.2, 0.25) is 0 Å². The Hall–Kier alpha value is -4.90. The Kier molecular flexibility index (Phi) is 14.9. The number of hydrogen-bond acceptors (Lipinski definition) is 11. The Bertz CT molecular complexity index is 2100. The molecule has 0 amide bonds. The molecule has 4 N–H and O–H groups in total. The van der Waals surface area contributed by atoms with Crippen molar-refractivity contribution in [2.75, 3.05) is 50.0 Å². The SMILES string of the molecule is CC#N.Clc1ccc(C[C@H]2COc3cnccc3CN2C2CCNCC2)cc1.Nc1cc(N2CCC(N3Cc4ccncc4OC[C@@H]3Cc3ccc(Cl)cc3)CC2)n[nH]1. The predicted octanol–water partition coefficient (Wildman–Crippen LogP) is 7.34. The molecule has 2 fully saturated rings. The summed E-state index contributed by atoms with van der Waals surface area (Å²) >= 11 is 12.1. The van der Waals surface area contributed by atoms with Crippen molar-refractivity contribution in [1.82, 2.24) is 35.3 Å². The van der Waals surface area contributed by atoms with Crippen LogP contribution in [0.3, 0.4) is 0 Å². The van der Waals surface area contributed by atoms with Gasteiger partial charge in [0.15, 0.2) is 5.82 Å². The molecule has 310 valence electrons. The number of halogens is 2. The van der Waals surface area contributed by atoms with Crippen LogP contribution in [0.1, 0.15) is 54.9 Å². The van der Waals surface area contributed by atoms with Gasteiger partial charge < -0.3 is 25.4 Å². The standard InChI is InChI=1S/C23H27ClN6O.C20H24ClN3O.C2H3N/c24-18-3-1-16(2-4-18)11-20-15-31-21-13-26-8-5-17(21)14-30(20)19-6-9-29(10-7-19)23-12-22(25)27-28-23;21-17-3-1-15(2-4-17)11-19-14-25-20-12-23-8-5-16(20)13-24(19)18-6-9-22-10-7-18;1-2-3/h1-5,8,12-13,19-20H,6-7,9-11,14-15H2,(H3,25,27,28);1-5,8,12,18-19,22H,6-7,9-11,13-14H2;1H3/t20-;19-;/m00./s1. The first-order valence-electron chi connectivity index (χ1n) is 20.6. The number of hydrogen-bond donors (Lipinski definition) is 3. The van der Waals surface area contributed by atoms with E-state index >= 15 is 0 Å². The molecule has 59 heavy (non-hydrogen) atoms. The summed E-state index contributed by atoms with van der Waals surface area (Å²) in [4.78, 5) is 16.1. The Balaban J connectivity index is 0.000000171. The summed E-state index contributed by atoms with van der Waals surface area (Å²) in [6.45, 7) is 8.70. The van der Waals surface area contributed by atoms with E-state index in [4.69, 9.17) is 43.7 Å². The zero-order valence-electron chi connectivity index (χ0n) is 33.6. The van der Waals surface area contributed by atoms with Crippen molar-refractivity contribution < 1.29 is 9.47 Å². The van der Waals surface area contributed by atoms with E-state index in [0.717, 1.165) is 92.3 Å². The van der Waals surface area contributed by atoms with E-state index in [1.807, 2.05) is 55.1 Å². The number of aromatic nitrogens is 4. The molecule has 2 aromatic carbocycles. The summed E-state index contributed by atoms with van der Waals surface area (Å²) in [5.41, 5.74) is 10.8. The molecule has 0 bridgehead atoms. The van der Waals surface area contributed by atoms with Crippen LogP contribution in [0.25, 0.3) is 0 Å². The Labute approximate surface area is 357 Å². The smallest absolute Gasteiger partial charge is 0.152 e. The van der Waals surface area contributed by atoms with Crippen LogP contribution >= 0.6 is 23.2 Å². The lowest BCUT2D eigenvalue weighted by atomic mass is 9.97. The number of fused-ring (bicyclic) bond motifs is 2. The van der Waals surface area contributed by atoms with E-state index in [9.17, 15) is 0 Å². The summed E-state index contributed by atoms with van der Waals surface area (Å²) < 4.78 is 12.3. The van der Waals surface area contributed by atoms with Crippen molar-refractivity contribution in [1.29, 1.82) is 5.26 Å². The monoisotopic (exact) mass is 836 g/mol. The largest absolute Gasteiger partial charge is 0.490 e. The topological polar surface area (TPSA) is 144 Å². The highest BCUT2D eigenvalue weighted by atomic mass is 35.5. The van der Waals surface area contributed by atoms with Crippen LogP contribution in [-0.4, -0.2) is 93.5 Å². The third kappa shape index (κ3) is 11.4. The molecule has 3 aromatic heterocycles. The van der Waals surface area contributed by atoms with Crippen LogP contribution in [-0.2, 0) is 25.9 Å². The summed E-state index contributed by atoms with van der Waals surface area (Å²) in [5.74, 6) is 3.37. The molecule has 0 saturated carbocycles. The molecule has 4 aliphatic heterocycles. The van der Waals surface area contributed by atoms with Gasteiger partial charge in [0, 0.05) is 96.9 Å². The molecule has 7 heterocycles. The summed E-state index contributed by atoms with van der Waals surface area (Å²) in [6.07, 6.45) is 13.8. The predicted molar refractivity (Wildman–Crippen MR) is 234 cm³/mol. The lowest BCUT2D eigenvalue weighted by Gasteiger charge is -2.41. The minimum atomic E-state index is 0.283. The first-order chi connectivity index (χ1) is 28.9. The highest BCUT2D eigenvalue weighted by molar-refractivity contribution is 6.30. The third-order valence-electron chi connectivity index (χ3n) is 11.6. The number of benzene rings is 2. The Morgan fingerprint density at radius 2 is 1.22 bits per heavy atom. The molecule has 2 saturated heterocycles. The average Bonchev–Trinajstić information content (AvgIpc) is 3.51. The van der Waals surface area contributed by atoms with Gasteiger partial charge in [-0.25, -0.2) is 0 Å². The molecular formula is C45H54Cl2N10O2. The second-order valence-corrected chi connectivity index (χ2v) is 16.4. The van der Waals surface area contributed by atoms with Crippen molar-refractivity contribution in [2.24, 2.45) is 0 Å². The van der Waals surface area contributed by atoms with Crippen molar-refractivity contribution in [3.05, 3.63) is 124 Å². The lowest BCUT2D eigenvalue weighted by molar-refractivity contribution is 0.0800. The maximum atomic E-state index is 7.32. The minimum absolute atomic E-state index is 0.283. The quantitative estimate of drug-likeness (QED) is 0.152. The molecule has 14 heteroatoms. The van der Waals surface area contributed by atoms with Gasteiger partial charge in [0.25, 0.3) is 0 Å². The van der Waals surface area contributed by atoms with Gasteiger partial charge in [0.1, 0.15) is 30.5 Å². The number of ether oxygens (including phenoxy) is 2. The molecule has 0 aliphatic carbocycles. The number of nitrogen functional groups attached to an aromatic ring is 1. The van der Waals surface area contributed by atoms with Gasteiger partial charge in [-0.2, -0.15) is 10.4 Å². The zero-order valence-corrected chi connectivity index (χ0v) is 35.2. The number of nitrogens with two attached hydrogens (primary N) is 1. The molecule has 0 radical (unpaired) electrons. The molecule has 12 nitrogen and oxygen atoms in total. The van der Waals surface area contributed by atoms with E-state index in [-0.39, 0.29) is 6.04 Å². The third-order valence-corrected chi connectivity index (χ3v) is 12.1. The second kappa shape index (κ2) is 20.9. The first kappa shape index (κ1) is 42.2. The van der Waals surface area contributed by atoms with E-state index in [1.165, 1.54) is 42.0 Å². The average molecular weight is 838 g/mol. The minimum Gasteiger partial charge on any atom is -0.490 e. The molecule has 4 aliphatic rings. The Morgan fingerprint density at radius 3 is 1.68 bits per heavy atom. The highest BCUT2D eigenvalue weighted by Crippen LogP contribution is 2.32. The van der Waals surface area contributed by atoms with Crippen LogP contribution in [0.5, 0.6) is 11.5 Å².